The van der Waals surface area contributed by atoms with Crippen molar-refractivity contribution in [1.29, 1.82) is 0 Å². The molecule has 228 valence electrons. The second-order valence-corrected chi connectivity index (χ2v) is 20.0. The highest BCUT2D eigenvalue weighted by atomic mass is 35.5. The van der Waals surface area contributed by atoms with Crippen molar-refractivity contribution in [2.75, 3.05) is 37.7 Å². The number of hydrogen-bond donors (Lipinski definition) is 0. The summed E-state index contributed by atoms with van der Waals surface area (Å²) in [5.74, 6) is 1.44. The molecule has 0 aromatic carbocycles. The SMILES string of the molecule is Cc1nn(COCC[Si](C)(C)C)cc1-c1nc(N2CCC3(CCN(C(=O)OC(C)(C)C)C3)CC2)c2ccnc(Cl)c2n1. The Morgan fingerprint density at radius 3 is 2.52 bits per heavy atom. The van der Waals surface area contributed by atoms with Gasteiger partial charge in [0.25, 0.3) is 0 Å². The Labute approximate surface area is 254 Å². The fourth-order valence-electron chi connectivity index (χ4n) is 5.73. The molecule has 2 fully saturated rings. The minimum absolute atomic E-state index is 0.103. The number of ether oxygens (including phenoxy) is 2. The predicted octanol–water partition coefficient (Wildman–Crippen LogP) is 6.39. The first kappa shape index (κ1) is 30.7. The van der Waals surface area contributed by atoms with Crippen molar-refractivity contribution in [3.63, 3.8) is 0 Å². The van der Waals surface area contributed by atoms with Crippen molar-refractivity contribution in [1.82, 2.24) is 29.6 Å². The van der Waals surface area contributed by atoms with Gasteiger partial charge in [-0.05, 0) is 64.5 Å². The molecule has 0 unspecified atom stereocenters. The Kier molecular flexibility index (Phi) is 8.57. The summed E-state index contributed by atoms with van der Waals surface area (Å²) >= 11 is 6.58. The number of likely N-dealkylation sites (tertiary alicyclic amines) is 1. The molecule has 1 amide bonds. The third-order valence-corrected chi connectivity index (χ3v) is 10.2. The van der Waals surface area contributed by atoms with Gasteiger partial charge in [0.1, 0.15) is 23.7 Å². The summed E-state index contributed by atoms with van der Waals surface area (Å²) in [6.45, 7) is 19.0. The maximum atomic E-state index is 12.7. The van der Waals surface area contributed by atoms with Gasteiger partial charge in [0.15, 0.2) is 11.0 Å². The minimum atomic E-state index is -1.16. The number of aryl methyl sites for hydroxylation is 1. The Hall–Kier alpha value is -2.76. The van der Waals surface area contributed by atoms with E-state index in [0.717, 1.165) is 80.6 Å². The van der Waals surface area contributed by atoms with Crippen molar-refractivity contribution in [3.8, 4) is 11.4 Å². The van der Waals surface area contributed by atoms with Crippen molar-refractivity contribution in [2.24, 2.45) is 5.41 Å². The van der Waals surface area contributed by atoms with Crippen LogP contribution in [0, 0.1) is 12.3 Å². The molecule has 0 atom stereocenters. The predicted molar refractivity (Wildman–Crippen MR) is 169 cm³/mol. The van der Waals surface area contributed by atoms with Crippen molar-refractivity contribution in [3.05, 3.63) is 29.3 Å². The lowest BCUT2D eigenvalue weighted by Crippen LogP contribution is -2.43. The van der Waals surface area contributed by atoms with Crippen LogP contribution in [0.25, 0.3) is 22.3 Å². The number of carbonyl (C=O) groups excluding carboxylic acids is 1. The van der Waals surface area contributed by atoms with E-state index in [9.17, 15) is 4.79 Å². The highest BCUT2D eigenvalue weighted by molar-refractivity contribution is 6.76. The number of fused-ring (bicyclic) bond motifs is 1. The standard InChI is InChI=1S/C30H44ClN7O3Si/c1-21-23(18-38(35-21)20-40-16-17-42(5,6)7)26-33-24-22(8-12-32-25(24)31)27(34-26)36-13-9-30(10-14-36)11-15-37(19-30)28(39)41-29(2,3)4/h8,12,18H,9-11,13-17,19-20H2,1-7H3. The molecule has 2 saturated heterocycles. The van der Waals surface area contributed by atoms with Crippen molar-refractivity contribution >= 4 is 42.5 Å². The zero-order valence-corrected chi connectivity index (χ0v) is 27.8. The zero-order valence-electron chi connectivity index (χ0n) is 26.0. The molecule has 5 rings (SSSR count). The van der Waals surface area contributed by atoms with E-state index in [0.29, 0.717) is 23.2 Å². The van der Waals surface area contributed by atoms with Gasteiger partial charge in [-0.2, -0.15) is 5.10 Å². The van der Waals surface area contributed by atoms with Crippen molar-refractivity contribution in [2.45, 2.75) is 85.0 Å². The molecule has 1 spiro atoms. The highest BCUT2D eigenvalue weighted by Crippen LogP contribution is 2.42. The maximum absolute atomic E-state index is 12.7. The van der Waals surface area contributed by atoms with Crippen LogP contribution in [0.2, 0.25) is 30.8 Å². The van der Waals surface area contributed by atoms with E-state index in [1.165, 1.54) is 0 Å². The average Bonchev–Trinajstić information content (AvgIpc) is 3.49. The summed E-state index contributed by atoms with van der Waals surface area (Å²) < 4.78 is 13.4. The first-order valence-electron chi connectivity index (χ1n) is 14.9. The number of hydrogen-bond acceptors (Lipinski definition) is 8. The maximum Gasteiger partial charge on any atom is 0.410 e. The molecule has 42 heavy (non-hydrogen) atoms. The molecule has 10 nitrogen and oxygen atoms in total. The van der Waals surface area contributed by atoms with Gasteiger partial charge in [-0.1, -0.05) is 31.2 Å². The summed E-state index contributed by atoms with van der Waals surface area (Å²) in [5.41, 5.74) is 1.93. The van der Waals surface area contributed by atoms with E-state index in [4.69, 9.17) is 31.0 Å². The van der Waals surface area contributed by atoms with Gasteiger partial charge in [0.2, 0.25) is 0 Å². The van der Waals surface area contributed by atoms with Gasteiger partial charge in [0.05, 0.1) is 11.3 Å². The molecule has 3 aromatic heterocycles. The number of halogens is 1. The fraction of sp³-hybridized carbons (Fsp3) is 0.633. The van der Waals surface area contributed by atoms with Gasteiger partial charge >= 0.3 is 6.09 Å². The molecule has 5 heterocycles. The molecule has 2 aliphatic rings. The van der Waals surface area contributed by atoms with Gasteiger partial charge in [-0.15, -0.1) is 0 Å². The smallest absolute Gasteiger partial charge is 0.410 e. The van der Waals surface area contributed by atoms with Gasteiger partial charge in [-0.25, -0.2) is 24.4 Å². The number of anilines is 1. The Bertz CT molecular complexity index is 1440. The molecular formula is C30H44ClN7O3Si. The summed E-state index contributed by atoms with van der Waals surface area (Å²) in [4.78, 5) is 31.2. The average molecular weight is 614 g/mol. The first-order valence-corrected chi connectivity index (χ1v) is 19.0. The molecular weight excluding hydrogens is 570 g/mol. The topological polar surface area (TPSA) is 98.5 Å². The van der Waals surface area contributed by atoms with Gasteiger partial charge in [0, 0.05) is 58.6 Å². The number of nitrogens with zero attached hydrogens (tertiary/aromatic N) is 7. The largest absolute Gasteiger partial charge is 0.444 e. The highest BCUT2D eigenvalue weighted by Gasteiger charge is 2.43. The molecule has 3 aromatic rings. The summed E-state index contributed by atoms with van der Waals surface area (Å²) in [6, 6.07) is 3.05. The lowest BCUT2D eigenvalue weighted by Gasteiger charge is -2.40. The molecule has 12 heteroatoms. The fourth-order valence-corrected chi connectivity index (χ4v) is 6.68. The zero-order chi connectivity index (χ0) is 30.3. The Morgan fingerprint density at radius 1 is 1.12 bits per heavy atom. The van der Waals surface area contributed by atoms with E-state index in [-0.39, 0.29) is 11.5 Å². The second kappa shape index (κ2) is 11.7. The quantitative estimate of drug-likeness (QED) is 0.172. The monoisotopic (exact) mass is 613 g/mol. The summed E-state index contributed by atoms with van der Waals surface area (Å²) in [5, 5.41) is 5.92. The van der Waals surface area contributed by atoms with Crippen molar-refractivity contribution < 1.29 is 14.3 Å². The van der Waals surface area contributed by atoms with Crippen LogP contribution in [0.1, 0.15) is 45.7 Å². The number of carbonyl (C=O) groups is 1. The van der Waals surface area contributed by atoms with E-state index in [1.54, 1.807) is 6.20 Å². The summed E-state index contributed by atoms with van der Waals surface area (Å²) in [7, 11) is -1.16. The Balaban J connectivity index is 1.34. The number of amides is 1. The van der Waals surface area contributed by atoms with Crippen LogP contribution >= 0.6 is 11.6 Å². The molecule has 0 bridgehead atoms. The number of rotatable bonds is 7. The third-order valence-electron chi connectivity index (χ3n) is 8.17. The van der Waals surface area contributed by atoms with Crippen LogP contribution < -0.4 is 4.90 Å². The van der Waals surface area contributed by atoms with Crippen LogP contribution in [0.4, 0.5) is 10.6 Å². The normalized spacial score (nSPS) is 17.4. The lowest BCUT2D eigenvalue weighted by molar-refractivity contribution is 0.0266. The van der Waals surface area contributed by atoms with Gasteiger partial charge in [-0.3, -0.25) is 0 Å². The Morgan fingerprint density at radius 2 is 1.83 bits per heavy atom. The first-order chi connectivity index (χ1) is 19.7. The van der Waals surface area contributed by atoms with E-state index >= 15 is 0 Å². The van der Waals surface area contributed by atoms with Crippen LogP contribution in [0.5, 0.6) is 0 Å². The minimum Gasteiger partial charge on any atom is -0.444 e. The van der Waals surface area contributed by atoms with E-state index in [1.807, 2.05) is 49.5 Å². The van der Waals surface area contributed by atoms with Crippen LogP contribution in [0.15, 0.2) is 18.5 Å². The van der Waals surface area contributed by atoms with Crippen LogP contribution in [0.3, 0.4) is 0 Å². The van der Waals surface area contributed by atoms with E-state index in [2.05, 4.69) is 34.6 Å². The van der Waals surface area contributed by atoms with Gasteiger partial charge < -0.3 is 19.3 Å². The van der Waals surface area contributed by atoms with E-state index < -0.39 is 13.7 Å². The van der Waals surface area contributed by atoms with Crippen LogP contribution in [-0.2, 0) is 16.2 Å². The molecule has 0 radical (unpaired) electrons. The number of piperidine rings is 1. The molecule has 0 N–H and O–H groups in total. The lowest BCUT2D eigenvalue weighted by atomic mass is 9.78. The molecule has 2 aliphatic heterocycles. The second-order valence-electron chi connectivity index (χ2n) is 14.0. The molecule has 0 saturated carbocycles. The third kappa shape index (κ3) is 7.06. The summed E-state index contributed by atoms with van der Waals surface area (Å²) in [6.07, 6.45) is 6.37. The van der Waals surface area contributed by atoms with Crippen LogP contribution in [-0.4, -0.2) is 82.2 Å². The number of aromatic nitrogens is 5. The number of pyridine rings is 1. The molecule has 0 aliphatic carbocycles.